The number of carboxylic acid groups (broad SMARTS) is 1. The Hall–Kier alpha value is -0.820. The molecule has 0 radical (unpaired) electrons. The first-order valence-corrected chi connectivity index (χ1v) is 7.87. The van der Waals surface area contributed by atoms with Crippen LogP contribution in [0.1, 0.15) is 0 Å². The Morgan fingerprint density at radius 1 is 0.917 bits per heavy atom. The number of hydrogen-bond donors (Lipinski definition) is 2. The van der Waals surface area contributed by atoms with Gasteiger partial charge in [0, 0.05) is 13.4 Å². The average molecular weight is 552 g/mol. The van der Waals surface area contributed by atoms with Crippen molar-refractivity contribution in [3.05, 3.63) is 25.6 Å². The maximum Gasteiger partial charge on any atom is 0.411 e. The van der Waals surface area contributed by atoms with Crippen molar-refractivity contribution in [1.29, 1.82) is 0 Å². The number of amides is 1. The molecule has 0 unspecified atom stereocenters. The molecule has 0 aliphatic heterocycles. The molecule has 1 aromatic carbocycles. The van der Waals surface area contributed by atoms with Crippen LogP contribution in [0.3, 0.4) is 0 Å². The van der Waals surface area contributed by atoms with Crippen molar-refractivity contribution in [2.24, 2.45) is 0 Å². The molecular weight excluding hydrogens is 548 g/mol. The molecule has 4 nitrogen and oxygen atoms in total. The lowest BCUT2D eigenvalue weighted by Crippen LogP contribution is -2.62. The number of hydrogen-bond acceptors (Lipinski definition) is 2. The fraction of sp³-hybridized carbons (Fsp3) is 0.273. The van der Waals surface area contributed by atoms with Crippen LogP contribution in [0.2, 0.25) is 0 Å². The number of aliphatic carboxylic acids is 1. The van der Waals surface area contributed by atoms with Crippen molar-refractivity contribution in [1.82, 2.24) is 0 Å². The molecule has 24 heavy (non-hydrogen) atoms. The summed E-state index contributed by atoms with van der Waals surface area (Å²) in [5.41, 5.74) is -0.447. The molecular formula is C11H4Br3F6NO3. The molecule has 0 fully saturated rings. The highest BCUT2D eigenvalue weighted by atomic mass is 79.9. The van der Waals surface area contributed by atoms with Gasteiger partial charge in [0.25, 0.3) is 0 Å². The molecule has 0 saturated carbocycles. The first-order chi connectivity index (χ1) is 10.7. The summed E-state index contributed by atoms with van der Waals surface area (Å²) >= 11 is 8.74. The fourth-order valence-corrected chi connectivity index (χ4v) is 3.78. The SMILES string of the molecule is O=C(O)C(F)(F)C(F)(F)C(F)(F)C(=O)Nc1c(Br)cc(Br)cc1Br. The molecule has 0 aliphatic carbocycles. The Bertz CT molecular complexity index is 675. The fourth-order valence-electron chi connectivity index (χ4n) is 1.33. The third-order valence-corrected chi connectivity index (χ3v) is 4.30. The van der Waals surface area contributed by atoms with Crippen molar-refractivity contribution in [3.63, 3.8) is 0 Å². The van der Waals surface area contributed by atoms with E-state index in [1.165, 1.54) is 17.4 Å². The number of benzene rings is 1. The van der Waals surface area contributed by atoms with Crippen LogP contribution in [0, 0.1) is 0 Å². The number of halogens is 9. The van der Waals surface area contributed by atoms with E-state index >= 15 is 0 Å². The van der Waals surface area contributed by atoms with Crippen molar-refractivity contribution >= 4 is 65.4 Å². The lowest BCUT2D eigenvalue weighted by molar-refractivity contribution is -0.291. The van der Waals surface area contributed by atoms with Crippen LogP contribution in [0.15, 0.2) is 25.6 Å². The second-order valence-corrected chi connectivity index (χ2v) is 6.85. The van der Waals surface area contributed by atoms with Gasteiger partial charge in [0.05, 0.1) is 5.69 Å². The summed E-state index contributed by atoms with van der Waals surface area (Å²) in [6.07, 6.45) is 0. The van der Waals surface area contributed by atoms with Gasteiger partial charge in [-0.15, -0.1) is 0 Å². The van der Waals surface area contributed by atoms with Crippen molar-refractivity contribution < 1.29 is 41.0 Å². The molecule has 134 valence electrons. The molecule has 0 saturated heterocycles. The first kappa shape index (κ1) is 21.2. The summed E-state index contributed by atoms with van der Waals surface area (Å²) < 4.78 is 79.7. The third kappa shape index (κ3) is 3.57. The molecule has 1 amide bonds. The molecule has 0 aliphatic rings. The van der Waals surface area contributed by atoms with Crippen molar-refractivity contribution in [2.45, 2.75) is 17.8 Å². The monoisotopic (exact) mass is 549 g/mol. The van der Waals surface area contributed by atoms with E-state index in [9.17, 15) is 35.9 Å². The molecule has 0 aromatic heterocycles. The van der Waals surface area contributed by atoms with E-state index in [2.05, 4.69) is 47.8 Å². The van der Waals surface area contributed by atoms with Gasteiger partial charge in [0.2, 0.25) is 0 Å². The average Bonchev–Trinajstić information content (AvgIpc) is 2.41. The van der Waals surface area contributed by atoms with Crippen molar-refractivity contribution in [3.8, 4) is 0 Å². The van der Waals surface area contributed by atoms with Crippen molar-refractivity contribution in [2.75, 3.05) is 5.32 Å². The standard InChI is InChI=1S/C11H4Br3F6NO3/c12-3-1-4(13)6(5(14)2-3)21-7(22)9(15,16)11(19,20)10(17,18)8(23)24/h1-2H,(H,21,22)(H,23,24). The normalized spacial score (nSPS) is 12.9. The predicted molar refractivity (Wildman–Crippen MR) is 80.6 cm³/mol. The first-order valence-electron chi connectivity index (χ1n) is 5.49. The van der Waals surface area contributed by atoms with E-state index in [-0.39, 0.29) is 8.95 Å². The Kier molecular flexibility index (Phi) is 6.04. The maximum absolute atomic E-state index is 13.5. The topological polar surface area (TPSA) is 66.4 Å². The zero-order valence-corrected chi connectivity index (χ0v) is 15.6. The van der Waals surface area contributed by atoms with Gasteiger partial charge >= 0.3 is 29.6 Å². The zero-order valence-electron chi connectivity index (χ0n) is 10.8. The van der Waals surface area contributed by atoms with Gasteiger partial charge in [-0.1, -0.05) is 15.9 Å². The van der Waals surface area contributed by atoms with Gasteiger partial charge in [-0.2, -0.15) is 26.3 Å². The van der Waals surface area contributed by atoms with E-state index in [0.29, 0.717) is 4.47 Å². The van der Waals surface area contributed by atoms with E-state index < -0.39 is 35.3 Å². The number of carbonyl (C=O) groups excluding carboxylic acids is 1. The molecule has 0 spiro atoms. The van der Waals surface area contributed by atoms with E-state index in [1.54, 1.807) is 0 Å². The summed E-state index contributed by atoms with van der Waals surface area (Å²) in [5.74, 6) is -24.9. The summed E-state index contributed by atoms with van der Waals surface area (Å²) in [5, 5.41) is 9.37. The Labute approximate surface area is 155 Å². The Balaban J connectivity index is 3.25. The molecule has 0 atom stereocenters. The van der Waals surface area contributed by atoms with E-state index in [1.807, 2.05) is 0 Å². The Morgan fingerprint density at radius 2 is 1.33 bits per heavy atom. The van der Waals surface area contributed by atoms with E-state index in [4.69, 9.17) is 5.11 Å². The molecule has 2 N–H and O–H groups in total. The van der Waals surface area contributed by atoms with Gasteiger partial charge in [-0.05, 0) is 44.0 Å². The van der Waals surface area contributed by atoms with Gasteiger partial charge in [0.1, 0.15) is 0 Å². The number of carbonyl (C=O) groups is 2. The molecule has 0 bridgehead atoms. The number of nitrogens with one attached hydrogen (secondary N) is 1. The third-order valence-electron chi connectivity index (χ3n) is 2.59. The Morgan fingerprint density at radius 3 is 1.71 bits per heavy atom. The van der Waals surface area contributed by atoms with Gasteiger partial charge in [-0.25, -0.2) is 4.79 Å². The maximum atomic E-state index is 13.5. The lowest BCUT2D eigenvalue weighted by Gasteiger charge is -2.29. The number of rotatable bonds is 5. The predicted octanol–water partition coefficient (Wildman–Crippen LogP) is 4.90. The van der Waals surface area contributed by atoms with E-state index in [0.717, 1.165) is 0 Å². The lowest BCUT2D eigenvalue weighted by atomic mass is 10.0. The number of carboxylic acids is 1. The number of alkyl halides is 6. The second kappa shape index (κ2) is 6.83. The smallest absolute Gasteiger partial charge is 0.411 e. The van der Waals surface area contributed by atoms with Crippen LogP contribution in [0.25, 0.3) is 0 Å². The molecule has 1 aromatic rings. The van der Waals surface area contributed by atoms with Crippen LogP contribution >= 0.6 is 47.8 Å². The highest BCUT2D eigenvalue weighted by Crippen LogP contribution is 2.47. The summed E-state index contributed by atoms with van der Waals surface area (Å²) in [6.45, 7) is 0. The van der Waals surface area contributed by atoms with Crippen LogP contribution < -0.4 is 5.32 Å². The molecule has 0 heterocycles. The molecule has 1 rings (SSSR count). The summed E-state index contributed by atoms with van der Waals surface area (Å²) in [6, 6.07) is 2.50. The van der Waals surface area contributed by atoms with Crippen LogP contribution in [0.5, 0.6) is 0 Å². The zero-order chi connectivity index (χ0) is 19.1. The van der Waals surface area contributed by atoms with Crippen LogP contribution in [0.4, 0.5) is 32.0 Å². The largest absolute Gasteiger partial charge is 0.477 e. The molecule has 13 heteroatoms. The minimum Gasteiger partial charge on any atom is -0.477 e. The minimum atomic E-state index is -6.47. The second-order valence-electron chi connectivity index (χ2n) is 4.23. The highest BCUT2D eigenvalue weighted by Gasteiger charge is 2.78. The summed E-state index contributed by atoms with van der Waals surface area (Å²) in [7, 11) is 0. The minimum absolute atomic E-state index is 0.0405. The van der Waals surface area contributed by atoms with Crippen LogP contribution in [-0.2, 0) is 9.59 Å². The van der Waals surface area contributed by atoms with Gasteiger partial charge < -0.3 is 10.4 Å². The van der Waals surface area contributed by atoms with Gasteiger partial charge in [0.15, 0.2) is 0 Å². The number of anilines is 1. The quantitative estimate of drug-likeness (QED) is 0.512. The summed E-state index contributed by atoms with van der Waals surface area (Å²) in [4.78, 5) is 21.5. The van der Waals surface area contributed by atoms with Crippen LogP contribution in [-0.4, -0.2) is 34.8 Å². The highest BCUT2D eigenvalue weighted by molar-refractivity contribution is 9.11. The van der Waals surface area contributed by atoms with Gasteiger partial charge in [-0.3, -0.25) is 4.79 Å².